The quantitative estimate of drug-likeness (QED) is 0.580. The lowest BCUT2D eigenvalue weighted by molar-refractivity contribution is 0.0606. The van der Waals surface area contributed by atoms with Gasteiger partial charge < -0.3 is 15.4 Å². The molecule has 7 heteroatoms. The Bertz CT molecular complexity index is 769. The lowest BCUT2D eigenvalue weighted by Gasteiger charge is -2.24. The Kier molecular flexibility index (Phi) is 5.58. The minimum Gasteiger partial charge on any atom is -0.465 e. The van der Waals surface area contributed by atoms with Crippen LogP contribution in [0.25, 0.3) is 10.1 Å². The van der Waals surface area contributed by atoms with E-state index in [9.17, 15) is 4.79 Å². The highest BCUT2D eigenvalue weighted by atomic mass is 35.5. The van der Waals surface area contributed by atoms with Crippen molar-refractivity contribution < 1.29 is 9.53 Å². The molecule has 1 fully saturated rings. The fraction of sp³-hybridized carbons (Fsp3) is 0.412. The van der Waals surface area contributed by atoms with E-state index in [0.717, 1.165) is 15.8 Å². The van der Waals surface area contributed by atoms with Crippen molar-refractivity contribution in [2.45, 2.75) is 38.1 Å². The second-order valence-electron chi connectivity index (χ2n) is 5.88. The number of thiocarbonyl (C=S) groups is 1. The van der Waals surface area contributed by atoms with Gasteiger partial charge in [0.15, 0.2) is 5.11 Å². The van der Waals surface area contributed by atoms with Gasteiger partial charge in [0.25, 0.3) is 0 Å². The van der Waals surface area contributed by atoms with Gasteiger partial charge in [-0.2, -0.15) is 0 Å². The molecule has 3 rings (SSSR count). The Morgan fingerprint density at radius 2 is 2.08 bits per heavy atom. The minimum absolute atomic E-state index is 0.412. The number of ether oxygens (including phenoxy) is 1. The molecule has 0 saturated heterocycles. The van der Waals surface area contributed by atoms with Crippen LogP contribution in [0.3, 0.4) is 0 Å². The standard InChI is InChI=1S/C17H19ClN2O2S2/c1-22-16(21)15-14(18)12-8-7-11(9-13(12)24-15)20-17(23)19-10-5-3-2-4-6-10/h7-10H,2-6H2,1H3,(H2,19,20,23). The maximum absolute atomic E-state index is 11.7. The fourth-order valence-electron chi connectivity index (χ4n) is 2.97. The number of anilines is 1. The van der Waals surface area contributed by atoms with E-state index >= 15 is 0 Å². The van der Waals surface area contributed by atoms with Gasteiger partial charge in [0.05, 0.1) is 12.1 Å². The molecular weight excluding hydrogens is 364 g/mol. The molecule has 1 aromatic heterocycles. The van der Waals surface area contributed by atoms with Gasteiger partial charge in [-0.1, -0.05) is 30.9 Å². The Hall–Kier alpha value is -1.37. The maximum atomic E-state index is 11.7. The monoisotopic (exact) mass is 382 g/mol. The number of nitrogens with one attached hydrogen (secondary N) is 2. The van der Waals surface area contributed by atoms with Crippen LogP contribution < -0.4 is 10.6 Å². The molecule has 0 unspecified atom stereocenters. The number of esters is 1. The molecule has 2 aromatic rings. The third kappa shape index (κ3) is 3.82. The predicted octanol–water partition coefficient (Wildman–Crippen LogP) is 4.96. The molecule has 4 nitrogen and oxygen atoms in total. The SMILES string of the molecule is COC(=O)c1sc2cc(NC(=S)NC3CCCCC3)ccc2c1Cl. The Labute approximate surface area is 155 Å². The molecule has 0 atom stereocenters. The van der Waals surface area contributed by atoms with Crippen molar-refractivity contribution in [2.24, 2.45) is 0 Å². The average Bonchev–Trinajstić information content (AvgIpc) is 2.91. The molecule has 2 N–H and O–H groups in total. The highest BCUT2D eigenvalue weighted by molar-refractivity contribution is 7.80. The van der Waals surface area contributed by atoms with E-state index in [1.54, 1.807) is 0 Å². The maximum Gasteiger partial charge on any atom is 0.349 e. The van der Waals surface area contributed by atoms with Gasteiger partial charge in [0.2, 0.25) is 0 Å². The molecule has 1 saturated carbocycles. The zero-order valence-electron chi connectivity index (χ0n) is 13.4. The van der Waals surface area contributed by atoms with Crippen molar-refractivity contribution in [3.05, 3.63) is 28.1 Å². The summed E-state index contributed by atoms with van der Waals surface area (Å²) in [4.78, 5) is 12.2. The first-order valence-corrected chi connectivity index (χ1v) is 9.56. The van der Waals surface area contributed by atoms with E-state index in [-0.39, 0.29) is 0 Å². The number of rotatable bonds is 3. The van der Waals surface area contributed by atoms with Crippen LogP contribution in [0.2, 0.25) is 5.02 Å². The van der Waals surface area contributed by atoms with Gasteiger partial charge in [-0.05, 0) is 43.3 Å². The lowest BCUT2D eigenvalue weighted by atomic mass is 9.96. The van der Waals surface area contributed by atoms with Crippen LogP contribution in [0.5, 0.6) is 0 Å². The number of hydrogen-bond donors (Lipinski definition) is 2. The molecule has 128 valence electrons. The normalized spacial score (nSPS) is 15.2. The van der Waals surface area contributed by atoms with Crippen LogP contribution in [-0.4, -0.2) is 24.2 Å². The minimum atomic E-state index is -0.412. The summed E-state index contributed by atoms with van der Waals surface area (Å²) >= 11 is 13.0. The number of carbonyl (C=O) groups excluding carboxylic acids is 1. The van der Waals surface area contributed by atoms with Crippen LogP contribution in [0.4, 0.5) is 5.69 Å². The molecule has 1 aliphatic rings. The number of fused-ring (bicyclic) bond motifs is 1. The number of methoxy groups -OCH3 is 1. The number of benzene rings is 1. The van der Waals surface area contributed by atoms with Crippen LogP contribution in [0.1, 0.15) is 41.8 Å². The molecule has 1 aromatic carbocycles. The van der Waals surface area contributed by atoms with Gasteiger partial charge >= 0.3 is 5.97 Å². The summed E-state index contributed by atoms with van der Waals surface area (Å²) in [5, 5.41) is 8.53. The summed E-state index contributed by atoms with van der Waals surface area (Å²) in [6.07, 6.45) is 6.18. The summed E-state index contributed by atoms with van der Waals surface area (Å²) in [5.74, 6) is -0.412. The highest BCUT2D eigenvalue weighted by Crippen LogP contribution is 2.37. The first-order valence-electron chi connectivity index (χ1n) is 7.96. The van der Waals surface area contributed by atoms with Crippen molar-refractivity contribution >= 4 is 62.0 Å². The second-order valence-corrected chi connectivity index (χ2v) is 7.72. The van der Waals surface area contributed by atoms with E-state index in [4.69, 9.17) is 28.6 Å². The van der Waals surface area contributed by atoms with Gasteiger partial charge in [-0.3, -0.25) is 0 Å². The van der Waals surface area contributed by atoms with Crippen LogP contribution in [0.15, 0.2) is 18.2 Å². The Morgan fingerprint density at radius 1 is 1.33 bits per heavy atom. The first kappa shape index (κ1) is 17.5. The zero-order chi connectivity index (χ0) is 17.1. The number of halogens is 1. The largest absolute Gasteiger partial charge is 0.465 e. The van der Waals surface area contributed by atoms with E-state index in [2.05, 4.69) is 10.6 Å². The lowest BCUT2D eigenvalue weighted by Crippen LogP contribution is -2.38. The summed E-state index contributed by atoms with van der Waals surface area (Å²) in [6.45, 7) is 0. The van der Waals surface area contributed by atoms with Crippen LogP contribution in [-0.2, 0) is 4.74 Å². The van der Waals surface area contributed by atoms with Crippen LogP contribution in [0, 0.1) is 0 Å². The Morgan fingerprint density at radius 3 is 2.79 bits per heavy atom. The third-order valence-electron chi connectivity index (χ3n) is 4.20. The number of carbonyl (C=O) groups is 1. The summed E-state index contributed by atoms with van der Waals surface area (Å²) < 4.78 is 5.69. The topological polar surface area (TPSA) is 50.4 Å². The van der Waals surface area contributed by atoms with Gasteiger partial charge in [-0.15, -0.1) is 11.3 Å². The van der Waals surface area contributed by atoms with Crippen molar-refractivity contribution in [2.75, 3.05) is 12.4 Å². The van der Waals surface area contributed by atoms with Gasteiger partial charge in [-0.25, -0.2) is 4.79 Å². The molecule has 0 radical (unpaired) electrons. The fourth-order valence-corrected chi connectivity index (χ4v) is 4.72. The molecule has 24 heavy (non-hydrogen) atoms. The van der Waals surface area contributed by atoms with E-state index in [0.29, 0.717) is 21.1 Å². The smallest absolute Gasteiger partial charge is 0.349 e. The van der Waals surface area contributed by atoms with E-state index in [1.165, 1.54) is 50.6 Å². The Balaban J connectivity index is 1.73. The predicted molar refractivity (Wildman–Crippen MR) is 104 cm³/mol. The molecule has 0 amide bonds. The molecule has 1 aliphatic carbocycles. The summed E-state index contributed by atoms with van der Waals surface area (Å²) in [6, 6.07) is 6.22. The summed E-state index contributed by atoms with van der Waals surface area (Å²) in [5.41, 5.74) is 0.880. The molecule has 0 aliphatic heterocycles. The van der Waals surface area contributed by atoms with E-state index < -0.39 is 5.97 Å². The zero-order valence-corrected chi connectivity index (χ0v) is 15.7. The van der Waals surface area contributed by atoms with Gasteiger partial charge in [0, 0.05) is 21.8 Å². The molecule has 1 heterocycles. The second kappa shape index (κ2) is 7.68. The molecular formula is C17H19ClN2O2S2. The van der Waals surface area contributed by atoms with Crippen LogP contribution >= 0.6 is 35.2 Å². The van der Waals surface area contributed by atoms with Crippen molar-refractivity contribution in [3.63, 3.8) is 0 Å². The highest BCUT2D eigenvalue weighted by Gasteiger charge is 2.18. The molecule has 0 spiro atoms. The first-order chi connectivity index (χ1) is 11.6. The van der Waals surface area contributed by atoms with Crippen molar-refractivity contribution in [3.8, 4) is 0 Å². The average molecular weight is 383 g/mol. The van der Waals surface area contributed by atoms with Crippen molar-refractivity contribution in [1.29, 1.82) is 0 Å². The number of thiophene rings is 1. The third-order valence-corrected chi connectivity index (χ3v) is 6.06. The van der Waals surface area contributed by atoms with Gasteiger partial charge in [0.1, 0.15) is 4.88 Å². The van der Waals surface area contributed by atoms with Crippen molar-refractivity contribution in [1.82, 2.24) is 5.32 Å². The molecule has 0 bridgehead atoms. The van der Waals surface area contributed by atoms with E-state index in [1.807, 2.05) is 18.2 Å². The summed E-state index contributed by atoms with van der Waals surface area (Å²) in [7, 11) is 1.35. The number of hydrogen-bond acceptors (Lipinski definition) is 4.